The largest absolute Gasteiger partial charge is 0.334 e. The Kier molecular flexibility index (Phi) is 3.85. The highest BCUT2D eigenvalue weighted by molar-refractivity contribution is 6.33. The van der Waals surface area contributed by atoms with Crippen LogP contribution in [0.2, 0.25) is 5.02 Å². The van der Waals surface area contributed by atoms with Gasteiger partial charge in [-0.05, 0) is 31.5 Å². The lowest BCUT2D eigenvalue weighted by Gasteiger charge is -2.16. The van der Waals surface area contributed by atoms with Gasteiger partial charge in [-0.2, -0.15) is 5.10 Å². The van der Waals surface area contributed by atoms with E-state index in [1.807, 2.05) is 19.9 Å². The monoisotopic (exact) mass is 278 g/mol. The van der Waals surface area contributed by atoms with Crippen LogP contribution in [0.3, 0.4) is 0 Å². The van der Waals surface area contributed by atoms with Gasteiger partial charge >= 0.3 is 0 Å². The molecule has 0 atom stereocenters. The zero-order valence-electron chi connectivity index (χ0n) is 11.1. The van der Waals surface area contributed by atoms with E-state index in [2.05, 4.69) is 15.2 Å². The topological polar surface area (TPSA) is 61.9 Å². The van der Waals surface area contributed by atoms with E-state index in [1.165, 1.54) is 0 Å². The van der Waals surface area contributed by atoms with Gasteiger partial charge in [0.15, 0.2) is 5.82 Å². The second kappa shape index (κ2) is 5.40. The van der Waals surface area contributed by atoms with Crippen molar-refractivity contribution in [2.24, 2.45) is 0 Å². The van der Waals surface area contributed by atoms with E-state index in [-0.39, 0.29) is 5.91 Å². The van der Waals surface area contributed by atoms with E-state index < -0.39 is 0 Å². The molecule has 0 saturated carbocycles. The van der Waals surface area contributed by atoms with Crippen molar-refractivity contribution in [3.05, 3.63) is 46.0 Å². The van der Waals surface area contributed by atoms with Crippen LogP contribution in [0.1, 0.15) is 27.6 Å². The van der Waals surface area contributed by atoms with E-state index in [0.717, 1.165) is 11.4 Å². The van der Waals surface area contributed by atoms with Gasteiger partial charge in [0, 0.05) is 7.05 Å². The number of benzene rings is 1. The van der Waals surface area contributed by atoms with Gasteiger partial charge in [0.2, 0.25) is 0 Å². The number of carbonyl (C=O) groups excluding carboxylic acids is 1. The van der Waals surface area contributed by atoms with Crippen molar-refractivity contribution in [2.75, 3.05) is 7.05 Å². The van der Waals surface area contributed by atoms with Crippen LogP contribution in [-0.4, -0.2) is 33.0 Å². The van der Waals surface area contributed by atoms with E-state index in [9.17, 15) is 4.79 Å². The zero-order valence-corrected chi connectivity index (χ0v) is 11.8. The predicted octanol–water partition coefficient (Wildman–Crippen LogP) is 2.35. The molecule has 0 aliphatic heterocycles. The molecular formula is C13H15ClN4O. The Labute approximate surface area is 116 Å². The van der Waals surface area contributed by atoms with Gasteiger partial charge in [-0.3, -0.25) is 9.89 Å². The highest BCUT2D eigenvalue weighted by Crippen LogP contribution is 2.19. The summed E-state index contributed by atoms with van der Waals surface area (Å²) in [6.45, 7) is 4.09. The number of hydrogen-bond acceptors (Lipinski definition) is 3. The number of H-pyrrole nitrogens is 1. The Hall–Kier alpha value is -1.88. The Bertz CT molecular complexity index is 608. The summed E-state index contributed by atoms with van der Waals surface area (Å²) in [5.74, 6) is 1.16. The molecule has 0 radical (unpaired) electrons. The van der Waals surface area contributed by atoms with Gasteiger partial charge in [-0.15, -0.1) is 0 Å². The number of aromatic amines is 1. The van der Waals surface area contributed by atoms with Gasteiger partial charge in [-0.25, -0.2) is 4.98 Å². The number of rotatable bonds is 3. The van der Waals surface area contributed by atoms with Crippen LogP contribution in [0.5, 0.6) is 0 Å². The Morgan fingerprint density at radius 3 is 2.74 bits per heavy atom. The number of halogens is 1. The molecule has 0 saturated heterocycles. The number of hydrogen-bond donors (Lipinski definition) is 1. The first-order chi connectivity index (χ1) is 8.97. The van der Waals surface area contributed by atoms with E-state index in [0.29, 0.717) is 23.0 Å². The number of aromatic nitrogens is 3. The average Bonchev–Trinajstić information content (AvgIpc) is 2.74. The first-order valence-electron chi connectivity index (χ1n) is 5.87. The molecule has 0 bridgehead atoms. The summed E-state index contributed by atoms with van der Waals surface area (Å²) in [6.07, 6.45) is 0. The third-order valence-electron chi connectivity index (χ3n) is 2.72. The van der Waals surface area contributed by atoms with Crippen LogP contribution in [0, 0.1) is 13.8 Å². The maximum absolute atomic E-state index is 12.3. The van der Waals surface area contributed by atoms with Crippen molar-refractivity contribution in [3.63, 3.8) is 0 Å². The summed E-state index contributed by atoms with van der Waals surface area (Å²) in [6, 6.07) is 5.38. The highest BCUT2D eigenvalue weighted by Gasteiger charge is 2.16. The molecule has 0 aliphatic carbocycles. The molecular weight excluding hydrogens is 264 g/mol. The van der Waals surface area contributed by atoms with E-state index >= 15 is 0 Å². The van der Waals surface area contributed by atoms with Crippen LogP contribution < -0.4 is 0 Å². The van der Waals surface area contributed by atoms with E-state index in [1.54, 1.807) is 24.1 Å². The lowest BCUT2D eigenvalue weighted by molar-refractivity contribution is 0.0782. The smallest absolute Gasteiger partial charge is 0.255 e. The molecule has 2 rings (SSSR count). The number of carbonyl (C=O) groups is 1. The molecule has 1 amide bonds. The molecule has 5 nitrogen and oxygen atoms in total. The summed E-state index contributed by atoms with van der Waals surface area (Å²) in [7, 11) is 1.70. The summed E-state index contributed by atoms with van der Waals surface area (Å²) in [5, 5.41) is 7.21. The molecule has 2 aromatic rings. The van der Waals surface area contributed by atoms with Crippen LogP contribution in [0.25, 0.3) is 0 Å². The molecule has 0 unspecified atom stereocenters. The molecule has 1 heterocycles. The molecule has 1 N–H and O–H groups in total. The Morgan fingerprint density at radius 2 is 2.16 bits per heavy atom. The molecule has 0 fully saturated rings. The van der Waals surface area contributed by atoms with Crippen molar-refractivity contribution < 1.29 is 4.79 Å². The lowest BCUT2D eigenvalue weighted by Crippen LogP contribution is -2.27. The summed E-state index contributed by atoms with van der Waals surface area (Å²) in [4.78, 5) is 18.0. The first kappa shape index (κ1) is 13.5. The quantitative estimate of drug-likeness (QED) is 0.937. The fraction of sp³-hybridized carbons (Fsp3) is 0.308. The van der Waals surface area contributed by atoms with Crippen LogP contribution in [0.15, 0.2) is 18.2 Å². The zero-order chi connectivity index (χ0) is 14.0. The summed E-state index contributed by atoms with van der Waals surface area (Å²) >= 11 is 6.09. The average molecular weight is 279 g/mol. The fourth-order valence-electron chi connectivity index (χ4n) is 1.74. The van der Waals surface area contributed by atoms with Gasteiger partial charge in [0.1, 0.15) is 5.82 Å². The molecule has 0 spiro atoms. The minimum atomic E-state index is -0.146. The summed E-state index contributed by atoms with van der Waals surface area (Å²) < 4.78 is 0. The number of aryl methyl sites for hydroxylation is 2. The maximum Gasteiger partial charge on any atom is 0.255 e. The summed E-state index contributed by atoms with van der Waals surface area (Å²) in [5.41, 5.74) is 1.51. The molecule has 6 heteroatoms. The predicted molar refractivity (Wildman–Crippen MR) is 73.1 cm³/mol. The third-order valence-corrected chi connectivity index (χ3v) is 3.04. The fourth-order valence-corrected chi connectivity index (χ4v) is 2.06. The third kappa shape index (κ3) is 3.12. The molecule has 100 valence electrons. The number of nitrogens with one attached hydrogen (secondary N) is 1. The number of amides is 1. The van der Waals surface area contributed by atoms with Gasteiger partial charge in [0.25, 0.3) is 5.91 Å². The molecule has 0 aliphatic rings. The second-order valence-corrected chi connectivity index (χ2v) is 4.89. The van der Waals surface area contributed by atoms with Crippen molar-refractivity contribution in [1.29, 1.82) is 0 Å². The standard InChI is InChI=1S/C13H15ClN4O/c1-8-4-5-10(11(14)6-8)13(19)18(3)7-12-15-9(2)16-17-12/h4-6H,7H2,1-3H3,(H,15,16,17). The molecule has 1 aromatic heterocycles. The lowest BCUT2D eigenvalue weighted by atomic mass is 10.1. The van der Waals surface area contributed by atoms with Crippen molar-refractivity contribution in [1.82, 2.24) is 20.1 Å². The van der Waals surface area contributed by atoms with Crippen molar-refractivity contribution >= 4 is 17.5 Å². The molecule has 19 heavy (non-hydrogen) atoms. The van der Waals surface area contributed by atoms with Crippen LogP contribution in [0.4, 0.5) is 0 Å². The van der Waals surface area contributed by atoms with Crippen LogP contribution in [-0.2, 0) is 6.54 Å². The SMILES string of the molecule is Cc1ccc(C(=O)N(C)Cc2n[nH]c(C)n2)c(Cl)c1. The Morgan fingerprint density at radius 1 is 1.42 bits per heavy atom. The number of nitrogens with zero attached hydrogens (tertiary/aromatic N) is 3. The molecule has 1 aromatic carbocycles. The van der Waals surface area contributed by atoms with E-state index in [4.69, 9.17) is 11.6 Å². The van der Waals surface area contributed by atoms with Gasteiger partial charge < -0.3 is 4.90 Å². The maximum atomic E-state index is 12.3. The Balaban J connectivity index is 2.14. The van der Waals surface area contributed by atoms with Gasteiger partial charge in [-0.1, -0.05) is 17.7 Å². The normalized spacial score (nSPS) is 10.5. The van der Waals surface area contributed by atoms with Crippen LogP contribution >= 0.6 is 11.6 Å². The minimum absolute atomic E-state index is 0.146. The highest BCUT2D eigenvalue weighted by atomic mass is 35.5. The van der Waals surface area contributed by atoms with Crippen molar-refractivity contribution in [2.45, 2.75) is 20.4 Å². The second-order valence-electron chi connectivity index (χ2n) is 4.48. The minimum Gasteiger partial charge on any atom is -0.334 e. The van der Waals surface area contributed by atoms with Crippen molar-refractivity contribution in [3.8, 4) is 0 Å². The van der Waals surface area contributed by atoms with Gasteiger partial charge in [0.05, 0.1) is 17.1 Å². The first-order valence-corrected chi connectivity index (χ1v) is 6.24.